The average molecular weight is 252 g/mol. The fraction of sp³-hybridized carbons (Fsp3) is 0.786. The average Bonchev–Trinajstić information content (AvgIpc) is 2.46. The predicted molar refractivity (Wildman–Crippen MR) is 71.2 cm³/mol. The molecule has 0 atom stereocenters. The maximum Gasteiger partial charge on any atom is 0.331 e. The highest BCUT2D eigenvalue weighted by molar-refractivity contribution is 5.81. The van der Waals surface area contributed by atoms with E-state index >= 15 is 0 Å². The summed E-state index contributed by atoms with van der Waals surface area (Å²) in [6.07, 6.45) is 9.94. The van der Waals surface area contributed by atoms with E-state index in [2.05, 4.69) is 14.5 Å². The summed E-state index contributed by atoms with van der Waals surface area (Å²) in [7, 11) is 1.41. The normalized spacial score (nSPS) is 23.5. The minimum atomic E-state index is -0.270. The van der Waals surface area contributed by atoms with Crippen molar-refractivity contribution < 1.29 is 9.53 Å². The number of rotatable bonds is 3. The molecule has 0 saturated carbocycles. The van der Waals surface area contributed by atoms with Gasteiger partial charge in [-0.15, -0.1) is 0 Å². The zero-order valence-corrected chi connectivity index (χ0v) is 11.3. The van der Waals surface area contributed by atoms with Gasteiger partial charge in [-0.3, -0.25) is 0 Å². The minimum absolute atomic E-state index is 0.270. The maximum atomic E-state index is 11.0. The van der Waals surface area contributed by atoms with Crippen LogP contribution in [0.5, 0.6) is 0 Å². The molecule has 2 aliphatic rings. The van der Waals surface area contributed by atoms with Gasteiger partial charge in [0.1, 0.15) is 0 Å². The lowest BCUT2D eigenvalue weighted by Crippen LogP contribution is -2.45. The van der Waals surface area contributed by atoms with Crippen molar-refractivity contribution in [2.24, 2.45) is 0 Å². The third kappa shape index (κ3) is 3.73. The molecule has 2 heterocycles. The zero-order valence-electron chi connectivity index (χ0n) is 11.3. The number of esters is 1. The Balaban J connectivity index is 1.73. The van der Waals surface area contributed by atoms with Crippen LogP contribution in [0.1, 0.15) is 32.1 Å². The van der Waals surface area contributed by atoms with Crippen LogP contribution in [-0.2, 0) is 9.53 Å². The Morgan fingerprint density at radius 1 is 1.11 bits per heavy atom. The van der Waals surface area contributed by atoms with E-state index in [0.29, 0.717) is 0 Å². The molecule has 0 radical (unpaired) electrons. The number of hydrogen-bond acceptors (Lipinski definition) is 4. The summed E-state index contributed by atoms with van der Waals surface area (Å²) in [5.41, 5.74) is 0. The Morgan fingerprint density at radius 2 is 1.78 bits per heavy atom. The molecule has 4 nitrogen and oxygen atoms in total. The van der Waals surface area contributed by atoms with Crippen LogP contribution < -0.4 is 0 Å². The summed E-state index contributed by atoms with van der Waals surface area (Å²) in [4.78, 5) is 15.9. The number of nitrogens with zero attached hydrogens (tertiary/aromatic N) is 2. The van der Waals surface area contributed by atoms with Gasteiger partial charge in [-0.1, -0.05) is 6.42 Å². The standard InChI is InChI=1S/C14H24N2O2/c1-18-14(17)7-12-15-10-5-13(6-11-15)16-8-3-2-4-9-16/h7,12-13H,2-6,8-11H2,1H3. The number of carbonyl (C=O) groups excluding carboxylic acids is 1. The first-order valence-corrected chi connectivity index (χ1v) is 7.04. The molecule has 0 unspecified atom stereocenters. The van der Waals surface area contributed by atoms with Gasteiger partial charge in [0.25, 0.3) is 0 Å². The van der Waals surface area contributed by atoms with E-state index in [0.717, 1.165) is 19.1 Å². The molecular formula is C14H24N2O2. The molecule has 18 heavy (non-hydrogen) atoms. The summed E-state index contributed by atoms with van der Waals surface area (Å²) in [5, 5.41) is 0. The first-order valence-electron chi connectivity index (χ1n) is 7.04. The molecule has 0 aromatic carbocycles. The van der Waals surface area contributed by atoms with Crippen LogP contribution in [-0.4, -0.2) is 55.1 Å². The Kier molecular flexibility index (Phi) is 5.05. The van der Waals surface area contributed by atoms with Gasteiger partial charge in [0.05, 0.1) is 7.11 Å². The van der Waals surface area contributed by atoms with Gasteiger partial charge in [-0.05, 0) is 38.8 Å². The van der Waals surface area contributed by atoms with E-state index in [1.807, 2.05) is 6.20 Å². The molecule has 4 heteroatoms. The molecule has 2 aliphatic heterocycles. The summed E-state index contributed by atoms with van der Waals surface area (Å²) < 4.78 is 4.60. The van der Waals surface area contributed by atoms with Crippen LogP contribution in [0.15, 0.2) is 12.3 Å². The number of methoxy groups -OCH3 is 1. The van der Waals surface area contributed by atoms with Crippen LogP contribution in [0.25, 0.3) is 0 Å². The number of carbonyl (C=O) groups is 1. The summed E-state index contributed by atoms with van der Waals surface area (Å²) in [6, 6.07) is 0.757. The van der Waals surface area contributed by atoms with Crippen molar-refractivity contribution >= 4 is 5.97 Å². The predicted octanol–water partition coefficient (Wildman–Crippen LogP) is 1.62. The Hall–Kier alpha value is -1.03. The number of piperidine rings is 2. The van der Waals surface area contributed by atoms with Crippen molar-refractivity contribution in [1.29, 1.82) is 0 Å². The van der Waals surface area contributed by atoms with Crippen molar-refractivity contribution in [3.05, 3.63) is 12.3 Å². The van der Waals surface area contributed by atoms with E-state index in [4.69, 9.17) is 0 Å². The maximum absolute atomic E-state index is 11.0. The molecule has 0 aliphatic carbocycles. The highest BCUT2D eigenvalue weighted by Gasteiger charge is 2.24. The molecule has 2 fully saturated rings. The van der Waals surface area contributed by atoms with Gasteiger partial charge >= 0.3 is 5.97 Å². The highest BCUT2D eigenvalue weighted by atomic mass is 16.5. The van der Waals surface area contributed by atoms with Crippen molar-refractivity contribution in [2.75, 3.05) is 33.3 Å². The van der Waals surface area contributed by atoms with Crippen LogP contribution in [0.3, 0.4) is 0 Å². The zero-order chi connectivity index (χ0) is 12.8. The smallest absolute Gasteiger partial charge is 0.331 e. The molecule has 0 spiro atoms. The minimum Gasteiger partial charge on any atom is -0.466 e. The van der Waals surface area contributed by atoms with Gasteiger partial charge in [0.2, 0.25) is 0 Å². The van der Waals surface area contributed by atoms with Crippen LogP contribution >= 0.6 is 0 Å². The van der Waals surface area contributed by atoms with Crippen molar-refractivity contribution in [3.63, 3.8) is 0 Å². The molecule has 102 valence electrons. The lowest BCUT2D eigenvalue weighted by molar-refractivity contribution is -0.134. The molecule has 0 aromatic heterocycles. The van der Waals surface area contributed by atoms with Gasteiger partial charge in [0.15, 0.2) is 0 Å². The van der Waals surface area contributed by atoms with E-state index < -0.39 is 0 Å². The second kappa shape index (κ2) is 6.78. The first kappa shape index (κ1) is 13.4. The van der Waals surface area contributed by atoms with Gasteiger partial charge in [0, 0.05) is 31.4 Å². The van der Waals surface area contributed by atoms with Crippen LogP contribution in [0.2, 0.25) is 0 Å². The van der Waals surface area contributed by atoms with Gasteiger partial charge in [-0.2, -0.15) is 0 Å². The molecule has 0 amide bonds. The van der Waals surface area contributed by atoms with Crippen LogP contribution in [0.4, 0.5) is 0 Å². The monoisotopic (exact) mass is 252 g/mol. The third-order valence-electron chi connectivity index (χ3n) is 4.03. The number of likely N-dealkylation sites (tertiary alicyclic amines) is 2. The SMILES string of the molecule is COC(=O)C=CN1CCC(N2CCCCC2)CC1. The second-order valence-corrected chi connectivity index (χ2v) is 5.20. The highest BCUT2D eigenvalue weighted by Crippen LogP contribution is 2.20. The van der Waals surface area contributed by atoms with Crippen molar-refractivity contribution in [3.8, 4) is 0 Å². The summed E-state index contributed by atoms with van der Waals surface area (Å²) in [5.74, 6) is -0.270. The summed E-state index contributed by atoms with van der Waals surface area (Å²) in [6.45, 7) is 4.66. The fourth-order valence-corrected chi connectivity index (χ4v) is 2.92. The number of ether oxygens (including phenoxy) is 1. The fourth-order valence-electron chi connectivity index (χ4n) is 2.92. The van der Waals surface area contributed by atoms with E-state index in [1.165, 1.54) is 58.4 Å². The Bertz CT molecular complexity index is 290. The van der Waals surface area contributed by atoms with E-state index in [9.17, 15) is 4.79 Å². The lowest BCUT2D eigenvalue weighted by atomic mass is 10.0. The Labute approximate surface area is 110 Å². The van der Waals surface area contributed by atoms with Gasteiger partial charge in [-0.25, -0.2) is 4.79 Å². The second-order valence-electron chi connectivity index (χ2n) is 5.20. The van der Waals surface area contributed by atoms with Crippen LogP contribution in [0, 0.1) is 0 Å². The van der Waals surface area contributed by atoms with E-state index in [1.54, 1.807) is 0 Å². The molecule has 0 aromatic rings. The molecule has 2 saturated heterocycles. The Morgan fingerprint density at radius 3 is 2.39 bits per heavy atom. The number of hydrogen-bond donors (Lipinski definition) is 0. The first-order chi connectivity index (χ1) is 8.79. The molecule has 0 N–H and O–H groups in total. The van der Waals surface area contributed by atoms with E-state index in [-0.39, 0.29) is 5.97 Å². The molecule has 0 bridgehead atoms. The lowest BCUT2D eigenvalue weighted by Gasteiger charge is -2.39. The largest absolute Gasteiger partial charge is 0.466 e. The van der Waals surface area contributed by atoms with Crippen molar-refractivity contribution in [2.45, 2.75) is 38.1 Å². The summed E-state index contributed by atoms with van der Waals surface area (Å²) >= 11 is 0. The third-order valence-corrected chi connectivity index (χ3v) is 4.03. The van der Waals surface area contributed by atoms with Crippen molar-refractivity contribution in [1.82, 2.24) is 9.80 Å². The quantitative estimate of drug-likeness (QED) is 0.564. The molecular weight excluding hydrogens is 228 g/mol. The molecule has 2 rings (SSSR count). The topological polar surface area (TPSA) is 32.8 Å². The van der Waals surface area contributed by atoms with Gasteiger partial charge < -0.3 is 14.5 Å².